The van der Waals surface area contributed by atoms with E-state index in [0.717, 1.165) is 83.1 Å². The molecule has 8 nitrogen and oxygen atoms in total. The molecule has 38 heavy (non-hydrogen) atoms. The van der Waals surface area contributed by atoms with E-state index in [1.165, 1.54) is 6.07 Å². The maximum Gasteiger partial charge on any atom is 0.335 e. The van der Waals surface area contributed by atoms with Gasteiger partial charge in [-0.1, -0.05) is 13.8 Å². The Kier molecular flexibility index (Phi) is 6.47. The molecule has 0 spiro atoms. The molecule has 1 saturated heterocycles. The minimum Gasteiger partial charge on any atom is -0.431 e. The minimum atomic E-state index is -0.838. The Balaban J connectivity index is 1.19. The first kappa shape index (κ1) is 26.3. The van der Waals surface area contributed by atoms with E-state index >= 15 is 0 Å². The Morgan fingerprint density at radius 2 is 1.79 bits per heavy atom. The standard InChI is InChI=1S/C30H45N3O5/c1-27-10-6-21(32-26(35)33-16-3-14-31-15-17-33)18-29(27,36)12-8-24-23(27)7-11-28(2)22(9-13-30(24,28)37)20-4-5-25(34)38-19-20/h4-5,19,21-24,31,36-37H,3,6-18H2,1-2H3,(H,32,35)/t21-,22+,23-,24+,27+,28+,29-,30-/m0/s1. The Morgan fingerprint density at radius 3 is 2.58 bits per heavy atom. The Morgan fingerprint density at radius 1 is 1.00 bits per heavy atom. The van der Waals surface area contributed by atoms with Crippen molar-refractivity contribution in [3.05, 3.63) is 34.4 Å². The van der Waals surface area contributed by atoms with Crippen molar-refractivity contribution < 1.29 is 19.4 Å². The first-order valence-corrected chi connectivity index (χ1v) is 14.9. The van der Waals surface area contributed by atoms with Crippen LogP contribution in [-0.4, -0.2) is 64.6 Å². The van der Waals surface area contributed by atoms with Crippen LogP contribution in [0.4, 0.5) is 4.79 Å². The second kappa shape index (κ2) is 9.34. The largest absolute Gasteiger partial charge is 0.431 e. The van der Waals surface area contributed by atoms with Crippen molar-refractivity contribution in [3.63, 3.8) is 0 Å². The molecule has 0 unspecified atom stereocenters. The van der Waals surface area contributed by atoms with Crippen LogP contribution in [0.1, 0.15) is 89.5 Å². The third-order valence-corrected chi connectivity index (χ3v) is 12.1. The molecule has 8 atom stereocenters. The summed E-state index contributed by atoms with van der Waals surface area (Å²) in [6, 6.07) is 3.34. The summed E-state index contributed by atoms with van der Waals surface area (Å²) in [4.78, 5) is 26.5. The smallest absolute Gasteiger partial charge is 0.335 e. The van der Waals surface area contributed by atoms with Crippen LogP contribution in [0, 0.1) is 22.7 Å². The van der Waals surface area contributed by atoms with E-state index in [0.29, 0.717) is 12.8 Å². The van der Waals surface area contributed by atoms with Crippen LogP contribution < -0.4 is 16.3 Å². The molecular formula is C30H45N3O5. The summed E-state index contributed by atoms with van der Waals surface area (Å²) in [5.74, 6) is 0.551. The number of hydrogen-bond acceptors (Lipinski definition) is 6. The average molecular weight is 528 g/mol. The molecule has 1 aromatic rings. The van der Waals surface area contributed by atoms with Crippen molar-refractivity contribution in [1.29, 1.82) is 0 Å². The lowest BCUT2D eigenvalue weighted by atomic mass is 9.42. The van der Waals surface area contributed by atoms with Crippen LogP contribution in [0.25, 0.3) is 0 Å². The lowest BCUT2D eigenvalue weighted by molar-refractivity contribution is -0.247. The summed E-state index contributed by atoms with van der Waals surface area (Å²) in [7, 11) is 0. The van der Waals surface area contributed by atoms with Crippen LogP contribution in [0.5, 0.6) is 0 Å². The van der Waals surface area contributed by atoms with Crippen LogP contribution in [0.2, 0.25) is 0 Å². The number of rotatable bonds is 2. The van der Waals surface area contributed by atoms with Crippen LogP contribution in [0.15, 0.2) is 27.6 Å². The van der Waals surface area contributed by atoms with Gasteiger partial charge in [0.2, 0.25) is 0 Å². The maximum atomic E-state index is 13.0. The number of amides is 2. The molecule has 2 amide bonds. The van der Waals surface area contributed by atoms with Gasteiger partial charge < -0.3 is 30.2 Å². The maximum absolute atomic E-state index is 13.0. The summed E-state index contributed by atoms with van der Waals surface area (Å²) in [5, 5.41) is 31.2. The molecule has 5 aliphatic rings. The molecular weight excluding hydrogens is 482 g/mol. The van der Waals surface area contributed by atoms with Gasteiger partial charge in [0.15, 0.2) is 0 Å². The summed E-state index contributed by atoms with van der Waals surface area (Å²) >= 11 is 0. The molecule has 0 aromatic carbocycles. The summed E-state index contributed by atoms with van der Waals surface area (Å²) in [6.07, 6.45) is 9.82. The number of nitrogens with zero attached hydrogens (tertiary/aromatic N) is 1. The molecule has 4 aliphatic carbocycles. The molecule has 4 saturated carbocycles. The molecule has 1 aromatic heterocycles. The first-order chi connectivity index (χ1) is 18.1. The predicted molar refractivity (Wildman–Crippen MR) is 144 cm³/mol. The monoisotopic (exact) mass is 527 g/mol. The van der Waals surface area contributed by atoms with Crippen LogP contribution in [0.3, 0.4) is 0 Å². The highest BCUT2D eigenvalue weighted by molar-refractivity contribution is 5.74. The van der Waals surface area contributed by atoms with Gasteiger partial charge in [-0.05, 0) is 106 Å². The van der Waals surface area contributed by atoms with E-state index in [-0.39, 0.29) is 46.3 Å². The van der Waals surface area contributed by atoms with Gasteiger partial charge in [-0.15, -0.1) is 0 Å². The fraction of sp³-hybridized carbons (Fsp3) is 0.800. The van der Waals surface area contributed by atoms with E-state index in [1.54, 1.807) is 6.26 Å². The van der Waals surface area contributed by atoms with E-state index in [1.807, 2.05) is 11.0 Å². The molecule has 1 aliphatic heterocycles. The van der Waals surface area contributed by atoms with Gasteiger partial charge in [-0.25, -0.2) is 9.59 Å². The number of urea groups is 1. The zero-order valence-corrected chi connectivity index (χ0v) is 23.0. The van der Waals surface area contributed by atoms with Crippen LogP contribution in [-0.2, 0) is 0 Å². The number of hydrogen-bond donors (Lipinski definition) is 4. The summed E-state index contributed by atoms with van der Waals surface area (Å²) in [5.41, 5.74) is -1.53. The topological polar surface area (TPSA) is 115 Å². The number of carbonyl (C=O) groups is 1. The van der Waals surface area contributed by atoms with Crippen LogP contribution >= 0.6 is 0 Å². The van der Waals surface area contributed by atoms with E-state index in [4.69, 9.17) is 4.42 Å². The van der Waals surface area contributed by atoms with Crippen molar-refractivity contribution in [2.24, 2.45) is 22.7 Å². The molecule has 2 heterocycles. The first-order valence-electron chi connectivity index (χ1n) is 14.9. The minimum absolute atomic E-state index is 0.00363. The van der Waals surface area contributed by atoms with Crippen molar-refractivity contribution >= 4 is 6.03 Å². The van der Waals surface area contributed by atoms with Gasteiger partial charge in [-0.2, -0.15) is 0 Å². The molecule has 0 bridgehead atoms. The normalized spacial score (nSPS) is 44.9. The molecule has 8 heteroatoms. The molecule has 6 rings (SSSR count). The molecule has 0 radical (unpaired) electrons. The van der Waals surface area contributed by atoms with Crippen molar-refractivity contribution in [3.8, 4) is 0 Å². The fourth-order valence-corrected chi connectivity index (χ4v) is 9.76. The number of nitrogens with one attached hydrogen (secondary N) is 2. The number of carbonyl (C=O) groups excluding carboxylic acids is 1. The number of fused-ring (bicyclic) bond motifs is 5. The van der Waals surface area contributed by atoms with Crippen molar-refractivity contribution in [2.45, 2.75) is 101 Å². The fourth-order valence-electron chi connectivity index (χ4n) is 9.76. The van der Waals surface area contributed by atoms with Gasteiger partial charge in [0.05, 0.1) is 17.5 Å². The van der Waals surface area contributed by atoms with Gasteiger partial charge in [0, 0.05) is 37.2 Å². The van der Waals surface area contributed by atoms with Gasteiger partial charge >= 0.3 is 11.7 Å². The highest BCUT2D eigenvalue weighted by Gasteiger charge is 2.70. The Labute approximate surface area is 225 Å². The zero-order valence-electron chi connectivity index (χ0n) is 23.0. The summed E-state index contributed by atoms with van der Waals surface area (Å²) < 4.78 is 5.21. The third kappa shape index (κ3) is 3.88. The van der Waals surface area contributed by atoms with Gasteiger partial charge in [-0.3, -0.25) is 0 Å². The number of aliphatic hydroxyl groups is 2. The zero-order chi connectivity index (χ0) is 26.8. The van der Waals surface area contributed by atoms with Crippen molar-refractivity contribution in [1.82, 2.24) is 15.5 Å². The second-order valence-corrected chi connectivity index (χ2v) is 13.5. The van der Waals surface area contributed by atoms with E-state index in [2.05, 4.69) is 24.5 Å². The van der Waals surface area contributed by atoms with E-state index < -0.39 is 11.2 Å². The highest BCUT2D eigenvalue weighted by Crippen LogP contribution is 2.71. The molecule has 210 valence electrons. The highest BCUT2D eigenvalue weighted by atomic mass is 16.4. The van der Waals surface area contributed by atoms with Gasteiger partial charge in [0.1, 0.15) is 0 Å². The SMILES string of the molecule is C[C@]12CC[C@H](NC(=O)N3CCCNCC3)C[C@@]1(O)CC[C@@H]1[C@@H]2CC[C@]2(C)[C@@H](c3ccc(=O)oc3)CC[C@]12O. The Bertz CT molecular complexity index is 1100. The lowest BCUT2D eigenvalue weighted by Gasteiger charge is -2.66. The molecule has 5 fully saturated rings. The predicted octanol–water partition coefficient (Wildman–Crippen LogP) is 3.37. The van der Waals surface area contributed by atoms with Crippen molar-refractivity contribution in [2.75, 3.05) is 26.2 Å². The summed E-state index contributed by atoms with van der Waals surface area (Å²) in [6.45, 7) is 7.75. The Hall–Kier alpha value is -1.90. The van der Waals surface area contributed by atoms with Gasteiger partial charge in [0.25, 0.3) is 0 Å². The average Bonchev–Trinajstić information content (AvgIpc) is 3.04. The van der Waals surface area contributed by atoms with E-state index in [9.17, 15) is 19.8 Å². The second-order valence-electron chi connectivity index (χ2n) is 13.5. The lowest BCUT2D eigenvalue weighted by Crippen LogP contribution is -2.68. The quantitative estimate of drug-likeness (QED) is 0.469. The molecule has 4 N–H and O–H groups in total. The third-order valence-electron chi connectivity index (χ3n) is 12.1.